The molecule has 5 heteroatoms. The Morgan fingerprint density at radius 2 is 1.28 bits per heavy atom. The van der Waals surface area contributed by atoms with Gasteiger partial charge in [-0.3, -0.25) is 0 Å². The fourth-order valence-electron chi connectivity index (χ4n) is 4.63. The normalized spacial score (nSPS) is 11.5. The second-order valence-electron chi connectivity index (χ2n) is 7.76. The lowest BCUT2D eigenvalue weighted by Gasteiger charge is -2.10. The fraction of sp³-hybridized carbons (Fsp3) is 0.185. The van der Waals surface area contributed by atoms with Crippen LogP contribution in [0.2, 0.25) is 0 Å². The van der Waals surface area contributed by atoms with Crippen LogP contribution in [-0.4, -0.2) is 29.7 Å². The number of carbonyl (C=O) groups is 2. The van der Waals surface area contributed by atoms with Crippen molar-refractivity contribution in [1.29, 1.82) is 0 Å². The third-order valence-electron chi connectivity index (χ3n) is 5.98. The number of nitrogens with zero attached hydrogens (tertiary/aromatic N) is 1. The van der Waals surface area contributed by atoms with Gasteiger partial charge in [0, 0.05) is 28.7 Å². The van der Waals surface area contributed by atoms with E-state index in [0.717, 1.165) is 43.4 Å². The highest BCUT2D eigenvalue weighted by Gasteiger charge is 2.19. The van der Waals surface area contributed by atoms with E-state index in [1.807, 2.05) is 49.5 Å². The number of esters is 2. The molecule has 0 bridgehead atoms. The molecule has 0 saturated carbocycles. The van der Waals surface area contributed by atoms with Gasteiger partial charge in [-0.2, -0.15) is 0 Å². The molecule has 160 valence electrons. The Morgan fingerprint density at radius 3 is 1.94 bits per heavy atom. The summed E-state index contributed by atoms with van der Waals surface area (Å²) < 4.78 is 12.6. The molecular formula is C27H23NO4. The molecule has 0 unspecified atom stereocenters. The van der Waals surface area contributed by atoms with Crippen molar-refractivity contribution in [3.05, 3.63) is 71.8 Å². The summed E-state index contributed by atoms with van der Waals surface area (Å²) in [5, 5.41) is 6.20. The SMILES string of the molecule is CCOC(=O)c1ccc2c3ccccc3c3c(c2c1)c1cc(C(=O)OCC)ccc1n3C. The van der Waals surface area contributed by atoms with Crippen molar-refractivity contribution in [1.82, 2.24) is 4.57 Å². The van der Waals surface area contributed by atoms with Crippen LogP contribution in [0.1, 0.15) is 34.6 Å². The van der Waals surface area contributed by atoms with Gasteiger partial charge >= 0.3 is 11.9 Å². The third-order valence-corrected chi connectivity index (χ3v) is 5.98. The van der Waals surface area contributed by atoms with Crippen molar-refractivity contribution in [2.45, 2.75) is 13.8 Å². The van der Waals surface area contributed by atoms with Gasteiger partial charge in [-0.25, -0.2) is 9.59 Å². The van der Waals surface area contributed by atoms with E-state index in [2.05, 4.69) is 16.7 Å². The maximum Gasteiger partial charge on any atom is 0.338 e. The first-order chi connectivity index (χ1) is 15.5. The van der Waals surface area contributed by atoms with E-state index in [1.165, 1.54) is 0 Å². The smallest absolute Gasteiger partial charge is 0.338 e. The Hall–Kier alpha value is -3.86. The Balaban J connectivity index is 1.96. The summed E-state index contributed by atoms with van der Waals surface area (Å²) in [5.74, 6) is -0.688. The van der Waals surface area contributed by atoms with Crippen molar-refractivity contribution in [3.8, 4) is 0 Å². The van der Waals surface area contributed by atoms with Crippen LogP contribution in [0.4, 0.5) is 0 Å². The van der Waals surface area contributed by atoms with Crippen LogP contribution < -0.4 is 0 Å². The first kappa shape index (κ1) is 20.1. The molecule has 0 aliphatic heterocycles. The minimum absolute atomic E-state index is 0.321. The molecule has 0 atom stereocenters. The molecule has 4 aromatic carbocycles. The number of benzene rings is 4. The second kappa shape index (κ2) is 7.68. The maximum atomic E-state index is 12.5. The van der Waals surface area contributed by atoms with E-state index < -0.39 is 0 Å². The van der Waals surface area contributed by atoms with Crippen molar-refractivity contribution in [2.75, 3.05) is 13.2 Å². The molecule has 1 aromatic heterocycles. The number of hydrogen-bond acceptors (Lipinski definition) is 4. The molecule has 5 rings (SSSR count). The van der Waals surface area contributed by atoms with Crippen molar-refractivity contribution in [2.24, 2.45) is 7.05 Å². The zero-order valence-electron chi connectivity index (χ0n) is 18.3. The molecule has 5 aromatic rings. The molecule has 0 aliphatic carbocycles. The highest BCUT2D eigenvalue weighted by atomic mass is 16.5. The summed E-state index contributed by atoms with van der Waals surface area (Å²) in [6.07, 6.45) is 0. The van der Waals surface area contributed by atoms with Crippen LogP contribution >= 0.6 is 0 Å². The highest BCUT2D eigenvalue weighted by molar-refractivity contribution is 6.32. The highest BCUT2D eigenvalue weighted by Crippen LogP contribution is 2.41. The molecule has 0 N–H and O–H groups in total. The van der Waals surface area contributed by atoms with Gasteiger partial charge in [0.25, 0.3) is 0 Å². The van der Waals surface area contributed by atoms with Gasteiger partial charge in [-0.05, 0) is 60.3 Å². The number of aromatic nitrogens is 1. The van der Waals surface area contributed by atoms with Crippen LogP contribution in [0.5, 0.6) is 0 Å². The summed E-state index contributed by atoms with van der Waals surface area (Å²) in [7, 11) is 2.03. The summed E-state index contributed by atoms with van der Waals surface area (Å²) in [6, 6.07) is 19.6. The van der Waals surface area contributed by atoms with Crippen molar-refractivity contribution in [3.63, 3.8) is 0 Å². The predicted octanol–water partition coefficient (Wildman–Crippen LogP) is 5.99. The maximum absolute atomic E-state index is 12.5. The molecular weight excluding hydrogens is 402 g/mol. The number of aryl methyl sites for hydroxylation is 1. The zero-order valence-corrected chi connectivity index (χ0v) is 18.3. The van der Waals surface area contributed by atoms with E-state index in [4.69, 9.17) is 9.47 Å². The van der Waals surface area contributed by atoms with Crippen LogP contribution in [-0.2, 0) is 16.5 Å². The van der Waals surface area contributed by atoms with E-state index in [9.17, 15) is 9.59 Å². The van der Waals surface area contributed by atoms with Gasteiger partial charge in [-0.15, -0.1) is 0 Å². The van der Waals surface area contributed by atoms with Gasteiger partial charge in [0.2, 0.25) is 0 Å². The summed E-state index contributed by atoms with van der Waals surface area (Å²) in [4.78, 5) is 24.9. The molecule has 0 spiro atoms. The molecule has 0 radical (unpaired) electrons. The topological polar surface area (TPSA) is 57.5 Å². The lowest BCUT2D eigenvalue weighted by atomic mass is 9.95. The number of rotatable bonds is 4. The molecule has 0 saturated heterocycles. The first-order valence-electron chi connectivity index (χ1n) is 10.8. The molecule has 32 heavy (non-hydrogen) atoms. The average Bonchev–Trinajstić information content (AvgIpc) is 3.11. The summed E-state index contributed by atoms with van der Waals surface area (Å²) in [5.41, 5.74) is 3.08. The van der Waals surface area contributed by atoms with Crippen molar-refractivity contribution >= 4 is 55.3 Å². The number of fused-ring (bicyclic) bond motifs is 8. The van der Waals surface area contributed by atoms with Crippen LogP contribution in [0, 0.1) is 0 Å². The van der Waals surface area contributed by atoms with Crippen LogP contribution in [0.15, 0.2) is 60.7 Å². The molecule has 0 amide bonds. The Labute approximate surface area is 185 Å². The summed E-state index contributed by atoms with van der Waals surface area (Å²) >= 11 is 0. The van der Waals surface area contributed by atoms with Gasteiger partial charge < -0.3 is 14.0 Å². The van der Waals surface area contributed by atoms with Gasteiger partial charge in [-0.1, -0.05) is 30.3 Å². The second-order valence-corrected chi connectivity index (χ2v) is 7.76. The molecule has 0 fully saturated rings. The van der Waals surface area contributed by atoms with E-state index in [-0.39, 0.29) is 11.9 Å². The average molecular weight is 425 g/mol. The standard InChI is InChI=1S/C27H23NO4/c1-4-31-26(29)16-10-12-19-18-8-6-7-9-20(18)25-24(21(19)14-16)22-15-17(27(30)32-5-2)11-13-23(22)28(25)3/h6-15H,4-5H2,1-3H3. The third kappa shape index (κ3) is 2.93. The van der Waals surface area contributed by atoms with E-state index in [1.54, 1.807) is 19.9 Å². The number of hydrogen-bond donors (Lipinski definition) is 0. The van der Waals surface area contributed by atoms with E-state index in [0.29, 0.717) is 24.3 Å². The van der Waals surface area contributed by atoms with Gasteiger partial charge in [0.05, 0.1) is 29.9 Å². The van der Waals surface area contributed by atoms with Gasteiger partial charge in [0.15, 0.2) is 0 Å². The lowest BCUT2D eigenvalue weighted by Crippen LogP contribution is -2.04. The first-order valence-corrected chi connectivity index (χ1v) is 10.8. The minimum atomic E-state index is -0.344. The quantitative estimate of drug-likeness (QED) is 0.262. The Morgan fingerprint density at radius 1 is 0.719 bits per heavy atom. The fourth-order valence-corrected chi connectivity index (χ4v) is 4.63. The van der Waals surface area contributed by atoms with E-state index >= 15 is 0 Å². The van der Waals surface area contributed by atoms with Gasteiger partial charge in [0.1, 0.15) is 0 Å². The lowest BCUT2D eigenvalue weighted by molar-refractivity contribution is 0.0517. The van der Waals surface area contributed by atoms with Crippen LogP contribution in [0.25, 0.3) is 43.4 Å². The molecule has 1 heterocycles. The number of carbonyl (C=O) groups excluding carboxylic acids is 2. The van der Waals surface area contributed by atoms with Crippen molar-refractivity contribution < 1.29 is 19.1 Å². The number of ether oxygens (including phenoxy) is 2. The largest absolute Gasteiger partial charge is 0.462 e. The predicted molar refractivity (Wildman–Crippen MR) is 127 cm³/mol. The zero-order chi connectivity index (χ0) is 22.4. The Bertz CT molecular complexity index is 1540. The summed E-state index contributed by atoms with van der Waals surface area (Å²) in [6.45, 7) is 4.24. The van der Waals surface area contributed by atoms with Crippen LogP contribution in [0.3, 0.4) is 0 Å². The molecule has 5 nitrogen and oxygen atoms in total. The Kier molecular flexibility index (Phi) is 4.82. The minimum Gasteiger partial charge on any atom is -0.462 e. The molecule has 0 aliphatic rings. The monoisotopic (exact) mass is 425 g/mol.